The number of nitrogens with one attached hydrogen (secondary N) is 1. The molecule has 0 radical (unpaired) electrons. The second-order valence-electron chi connectivity index (χ2n) is 3.72. The molecule has 4 nitrogen and oxygen atoms in total. The predicted octanol–water partition coefficient (Wildman–Crippen LogP) is 1.56. The molecule has 1 atom stereocenters. The van der Waals surface area contributed by atoms with Crippen LogP contribution in [0, 0.1) is 5.82 Å². The zero-order chi connectivity index (χ0) is 12.8. The summed E-state index contributed by atoms with van der Waals surface area (Å²) in [5.41, 5.74) is 5.68. The Balaban J connectivity index is 2.58. The number of hydrogen-bond donors (Lipinski definition) is 2. The van der Waals surface area contributed by atoms with Gasteiger partial charge in [-0.2, -0.15) is 0 Å². The van der Waals surface area contributed by atoms with Crippen molar-refractivity contribution in [2.75, 3.05) is 18.9 Å². The van der Waals surface area contributed by atoms with Crippen molar-refractivity contribution in [3.05, 3.63) is 29.6 Å². The monoisotopic (exact) mass is 240 g/mol. The Bertz CT molecular complexity index is 396. The van der Waals surface area contributed by atoms with Gasteiger partial charge in [-0.3, -0.25) is 4.79 Å². The average molecular weight is 240 g/mol. The summed E-state index contributed by atoms with van der Waals surface area (Å²) in [6.07, 6.45) is -0.0965. The molecule has 0 aliphatic carbocycles. The summed E-state index contributed by atoms with van der Waals surface area (Å²) in [5.74, 6) is -1.08. The van der Waals surface area contributed by atoms with Gasteiger partial charge < -0.3 is 15.8 Å². The van der Waals surface area contributed by atoms with Crippen LogP contribution in [-0.2, 0) is 4.74 Å². The first-order valence-electron chi connectivity index (χ1n) is 5.49. The fraction of sp³-hybridized carbons (Fsp3) is 0.417. The van der Waals surface area contributed by atoms with Gasteiger partial charge in [0.05, 0.1) is 11.7 Å². The number of halogens is 1. The third kappa shape index (κ3) is 4.03. The van der Waals surface area contributed by atoms with Crippen LogP contribution in [0.1, 0.15) is 24.2 Å². The van der Waals surface area contributed by atoms with E-state index >= 15 is 0 Å². The molecular weight excluding hydrogens is 223 g/mol. The first-order chi connectivity index (χ1) is 8.04. The molecule has 1 rings (SSSR count). The van der Waals surface area contributed by atoms with Crippen LogP contribution in [0.5, 0.6) is 0 Å². The van der Waals surface area contributed by atoms with Crippen molar-refractivity contribution < 1.29 is 13.9 Å². The molecule has 1 unspecified atom stereocenters. The van der Waals surface area contributed by atoms with E-state index in [-0.39, 0.29) is 11.7 Å². The zero-order valence-corrected chi connectivity index (χ0v) is 10.00. The van der Waals surface area contributed by atoms with Gasteiger partial charge in [-0.1, -0.05) is 0 Å². The molecular formula is C12H17FN2O2. The highest BCUT2D eigenvalue weighted by molar-refractivity contribution is 5.94. The van der Waals surface area contributed by atoms with Crippen LogP contribution in [0.25, 0.3) is 0 Å². The lowest BCUT2D eigenvalue weighted by molar-refractivity contribution is 0.0693. The van der Waals surface area contributed by atoms with Crippen LogP contribution in [0.2, 0.25) is 0 Å². The number of nitrogens with two attached hydrogens (primary N) is 1. The number of carbonyl (C=O) groups excluding carboxylic acids is 1. The maximum absolute atomic E-state index is 13.4. The summed E-state index contributed by atoms with van der Waals surface area (Å²) in [6.45, 7) is 4.63. The molecule has 0 spiro atoms. The number of benzene rings is 1. The first kappa shape index (κ1) is 13.4. The molecule has 0 fully saturated rings. The molecule has 94 valence electrons. The summed E-state index contributed by atoms with van der Waals surface area (Å²) < 4.78 is 18.7. The maximum Gasteiger partial charge on any atom is 0.254 e. The quantitative estimate of drug-likeness (QED) is 0.768. The van der Waals surface area contributed by atoms with Crippen molar-refractivity contribution in [3.63, 3.8) is 0 Å². The molecule has 0 saturated heterocycles. The molecule has 5 heteroatoms. The molecule has 0 aromatic heterocycles. The molecule has 0 heterocycles. The lowest BCUT2D eigenvalue weighted by Gasteiger charge is -2.12. The van der Waals surface area contributed by atoms with Crippen molar-refractivity contribution in [3.8, 4) is 0 Å². The van der Waals surface area contributed by atoms with Crippen molar-refractivity contribution in [1.82, 2.24) is 5.32 Å². The smallest absolute Gasteiger partial charge is 0.254 e. The van der Waals surface area contributed by atoms with E-state index in [0.29, 0.717) is 18.8 Å². The lowest BCUT2D eigenvalue weighted by atomic mass is 10.2. The Kier molecular flexibility index (Phi) is 4.90. The van der Waals surface area contributed by atoms with Crippen LogP contribution in [0.4, 0.5) is 10.1 Å². The van der Waals surface area contributed by atoms with Gasteiger partial charge in [0.2, 0.25) is 0 Å². The molecule has 0 bridgehead atoms. The summed E-state index contributed by atoms with van der Waals surface area (Å²) in [7, 11) is 0. The number of anilines is 1. The fourth-order valence-electron chi connectivity index (χ4n) is 1.39. The SMILES string of the molecule is CCOC(C)CNC(=O)c1ccc(N)cc1F. The fourth-order valence-corrected chi connectivity index (χ4v) is 1.39. The Morgan fingerprint density at radius 3 is 2.88 bits per heavy atom. The van der Waals surface area contributed by atoms with Crippen LogP contribution < -0.4 is 11.1 Å². The average Bonchev–Trinajstić information content (AvgIpc) is 2.26. The zero-order valence-electron chi connectivity index (χ0n) is 10.00. The van der Waals surface area contributed by atoms with Gasteiger partial charge in [-0.15, -0.1) is 0 Å². The Labute approximate surface area is 100.0 Å². The van der Waals surface area contributed by atoms with E-state index in [1.54, 1.807) is 0 Å². The Hall–Kier alpha value is -1.62. The van der Waals surface area contributed by atoms with Gasteiger partial charge in [0.1, 0.15) is 5.82 Å². The molecule has 1 amide bonds. The number of carbonyl (C=O) groups is 1. The number of rotatable bonds is 5. The van der Waals surface area contributed by atoms with Gasteiger partial charge in [-0.05, 0) is 32.0 Å². The lowest BCUT2D eigenvalue weighted by Crippen LogP contribution is -2.32. The molecule has 1 aromatic rings. The highest BCUT2D eigenvalue weighted by Crippen LogP contribution is 2.11. The molecule has 1 aromatic carbocycles. The largest absolute Gasteiger partial charge is 0.399 e. The summed E-state index contributed by atoms with van der Waals surface area (Å²) in [6, 6.07) is 3.98. The van der Waals surface area contributed by atoms with E-state index in [1.165, 1.54) is 12.1 Å². The number of amides is 1. The minimum Gasteiger partial charge on any atom is -0.399 e. The Morgan fingerprint density at radius 2 is 2.29 bits per heavy atom. The van der Waals surface area contributed by atoms with Crippen molar-refractivity contribution in [2.24, 2.45) is 0 Å². The summed E-state index contributed by atoms with van der Waals surface area (Å²) in [4.78, 5) is 11.6. The van der Waals surface area contributed by atoms with Crippen LogP contribution in [-0.4, -0.2) is 25.2 Å². The first-order valence-corrected chi connectivity index (χ1v) is 5.49. The topological polar surface area (TPSA) is 64.3 Å². The van der Waals surface area contributed by atoms with E-state index in [1.807, 2.05) is 13.8 Å². The van der Waals surface area contributed by atoms with Crippen molar-refractivity contribution >= 4 is 11.6 Å². The minimum atomic E-state index is -0.619. The van der Waals surface area contributed by atoms with E-state index in [4.69, 9.17) is 10.5 Å². The molecule has 0 aliphatic rings. The molecule has 3 N–H and O–H groups in total. The second kappa shape index (κ2) is 6.20. The van der Waals surface area contributed by atoms with Crippen molar-refractivity contribution in [1.29, 1.82) is 0 Å². The Morgan fingerprint density at radius 1 is 1.59 bits per heavy atom. The molecule has 0 aliphatic heterocycles. The van der Waals surface area contributed by atoms with Crippen LogP contribution in [0.15, 0.2) is 18.2 Å². The predicted molar refractivity (Wildman–Crippen MR) is 64.2 cm³/mol. The third-order valence-electron chi connectivity index (χ3n) is 2.24. The molecule has 0 saturated carbocycles. The highest BCUT2D eigenvalue weighted by atomic mass is 19.1. The molecule has 17 heavy (non-hydrogen) atoms. The maximum atomic E-state index is 13.4. The van der Waals surface area contributed by atoms with Gasteiger partial charge in [0.25, 0.3) is 5.91 Å². The van der Waals surface area contributed by atoms with Gasteiger partial charge in [-0.25, -0.2) is 4.39 Å². The minimum absolute atomic E-state index is 0.0112. The van der Waals surface area contributed by atoms with Gasteiger partial charge in [0, 0.05) is 18.8 Å². The second-order valence-corrected chi connectivity index (χ2v) is 3.72. The van der Waals surface area contributed by atoms with Crippen LogP contribution in [0.3, 0.4) is 0 Å². The van der Waals surface area contributed by atoms with Gasteiger partial charge in [0.15, 0.2) is 0 Å². The van der Waals surface area contributed by atoms with E-state index < -0.39 is 11.7 Å². The van der Waals surface area contributed by atoms with Crippen molar-refractivity contribution in [2.45, 2.75) is 20.0 Å². The van der Waals surface area contributed by atoms with E-state index in [0.717, 1.165) is 6.07 Å². The van der Waals surface area contributed by atoms with Gasteiger partial charge >= 0.3 is 0 Å². The summed E-state index contributed by atoms with van der Waals surface area (Å²) in [5, 5.41) is 2.60. The van der Waals surface area contributed by atoms with Crippen LogP contribution >= 0.6 is 0 Å². The van der Waals surface area contributed by atoms with E-state index in [2.05, 4.69) is 5.32 Å². The highest BCUT2D eigenvalue weighted by Gasteiger charge is 2.12. The van der Waals surface area contributed by atoms with E-state index in [9.17, 15) is 9.18 Å². The third-order valence-corrected chi connectivity index (χ3v) is 2.24. The number of nitrogen functional groups attached to an aromatic ring is 1. The summed E-state index contributed by atoms with van der Waals surface area (Å²) >= 11 is 0. The number of hydrogen-bond acceptors (Lipinski definition) is 3. The standard InChI is InChI=1S/C12H17FN2O2/c1-3-17-8(2)7-15-12(16)10-5-4-9(14)6-11(10)13/h4-6,8H,3,7,14H2,1-2H3,(H,15,16). The number of ether oxygens (including phenoxy) is 1. The normalized spacial score (nSPS) is 12.2.